The number of para-hydroxylation sites is 1. The van der Waals surface area contributed by atoms with Crippen molar-refractivity contribution in [2.45, 2.75) is 46.0 Å². The first kappa shape index (κ1) is 19.8. The monoisotopic (exact) mass is 355 g/mol. The molecule has 0 radical (unpaired) electrons. The quantitative estimate of drug-likeness (QED) is 0.552. The molecular formula is C22H29NO3. The molecule has 140 valence electrons. The molecule has 0 spiro atoms. The number of aryl methyl sites for hydroxylation is 1. The average Bonchev–Trinajstić information content (AvgIpc) is 2.65. The normalized spacial score (nSPS) is 10.4. The van der Waals surface area contributed by atoms with Gasteiger partial charge in [-0.25, -0.2) is 0 Å². The number of anilines is 1. The van der Waals surface area contributed by atoms with Gasteiger partial charge in [-0.2, -0.15) is 0 Å². The zero-order valence-electron chi connectivity index (χ0n) is 15.8. The highest BCUT2D eigenvalue weighted by atomic mass is 16.5. The van der Waals surface area contributed by atoms with Crippen molar-refractivity contribution in [3.8, 4) is 11.5 Å². The number of hydrogen-bond acceptors (Lipinski definition) is 3. The number of nitrogens with one attached hydrogen (secondary N) is 1. The van der Waals surface area contributed by atoms with Crippen LogP contribution in [0.3, 0.4) is 0 Å². The lowest BCUT2D eigenvalue weighted by Gasteiger charge is -2.10. The van der Waals surface area contributed by atoms with Gasteiger partial charge >= 0.3 is 0 Å². The van der Waals surface area contributed by atoms with Gasteiger partial charge in [-0.3, -0.25) is 4.79 Å². The number of rotatable bonds is 11. The van der Waals surface area contributed by atoms with E-state index in [1.807, 2.05) is 55.5 Å². The van der Waals surface area contributed by atoms with Crippen LogP contribution in [-0.4, -0.2) is 19.1 Å². The fourth-order valence-electron chi connectivity index (χ4n) is 2.53. The molecule has 4 nitrogen and oxygen atoms in total. The molecule has 0 aliphatic carbocycles. The molecule has 0 aromatic heterocycles. The van der Waals surface area contributed by atoms with Gasteiger partial charge in [0.05, 0.1) is 13.2 Å². The second-order valence-electron chi connectivity index (χ2n) is 6.35. The van der Waals surface area contributed by atoms with Crippen molar-refractivity contribution in [1.29, 1.82) is 0 Å². The van der Waals surface area contributed by atoms with E-state index in [2.05, 4.69) is 12.2 Å². The van der Waals surface area contributed by atoms with Crippen molar-refractivity contribution in [2.24, 2.45) is 0 Å². The Morgan fingerprint density at radius 3 is 2.38 bits per heavy atom. The molecule has 0 atom stereocenters. The number of benzene rings is 2. The lowest BCUT2D eigenvalue weighted by atomic mass is 10.2. The second-order valence-corrected chi connectivity index (χ2v) is 6.35. The van der Waals surface area contributed by atoms with Crippen molar-refractivity contribution in [2.75, 3.05) is 18.5 Å². The molecule has 0 saturated carbocycles. The molecule has 0 aliphatic rings. The summed E-state index contributed by atoms with van der Waals surface area (Å²) in [6, 6.07) is 15.4. The average molecular weight is 355 g/mol. The summed E-state index contributed by atoms with van der Waals surface area (Å²) in [5.41, 5.74) is 1.89. The smallest absolute Gasteiger partial charge is 0.224 e. The maximum Gasteiger partial charge on any atom is 0.224 e. The molecule has 2 aromatic rings. The van der Waals surface area contributed by atoms with Crippen molar-refractivity contribution < 1.29 is 14.3 Å². The van der Waals surface area contributed by atoms with Gasteiger partial charge in [0.2, 0.25) is 5.91 Å². The minimum absolute atomic E-state index is 0.00463. The molecule has 26 heavy (non-hydrogen) atoms. The maximum absolute atomic E-state index is 12.0. The predicted octanol–water partition coefficient (Wildman–Crippen LogP) is 5.36. The Labute approximate surface area is 156 Å². The van der Waals surface area contributed by atoms with Gasteiger partial charge in [-0.05, 0) is 55.7 Å². The summed E-state index contributed by atoms with van der Waals surface area (Å²) >= 11 is 0. The first-order valence-electron chi connectivity index (χ1n) is 9.40. The van der Waals surface area contributed by atoms with Gasteiger partial charge in [0.15, 0.2) is 0 Å². The first-order valence-corrected chi connectivity index (χ1v) is 9.40. The molecule has 0 bridgehead atoms. The molecule has 2 aromatic carbocycles. The van der Waals surface area contributed by atoms with E-state index in [9.17, 15) is 4.79 Å². The maximum atomic E-state index is 12.0. The molecule has 0 fully saturated rings. The van der Waals surface area contributed by atoms with Crippen LogP contribution in [0.25, 0.3) is 0 Å². The summed E-state index contributed by atoms with van der Waals surface area (Å²) in [6.45, 7) is 5.45. The Morgan fingerprint density at radius 2 is 1.65 bits per heavy atom. The zero-order valence-corrected chi connectivity index (χ0v) is 15.8. The Balaban J connectivity index is 1.65. The highest BCUT2D eigenvalue weighted by molar-refractivity contribution is 5.90. The van der Waals surface area contributed by atoms with E-state index in [1.54, 1.807) is 0 Å². The van der Waals surface area contributed by atoms with Crippen LogP contribution < -0.4 is 14.8 Å². The fraction of sp³-hybridized carbons (Fsp3) is 0.409. The van der Waals surface area contributed by atoms with Crippen LogP contribution >= 0.6 is 0 Å². The van der Waals surface area contributed by atoms with Gasteiger partial charge in [-0.15, -0.1) is 0 Å². The zero-order chi connectivity index (χ0) is 18.6. The van der Waals surface area contributed by atoms with E-state index in [4.69, 9.17) is 9.47 Å². The van der Waals surface area contributed by atoms with Crippen molar-refractivity contribution in [3.05, 3.63) is 54.1 Å². The van der Waals surface area contributed by atoms with Gasteiger partial charge < -0.3 is 14.8 Å². The molecule has 0 heterocycles. The Bertz CT molecular complexity index is 667. The predicted molar refractivity (Wildman–Crippen MR) is 106 cm³/mol. The molecular weight excluding hydrogens is 326 g/mol. The summed E-state index contributed by atoms with van der Waals surface area (Å²) in [4.78, 5) is 12.0. The van der Waals surface area contributed by atoms with Crippen LogP contribution in [0.5, 0.6) is 11.5 Å². The molecule has 0 saturated heterocycles. The van der Waals surface area contributed by atoms with E-state index >= 15 is 0 Å². The van der Waals surface area contributed by atoms with Crippen LogP contribution in [0.2, 0.25) is 0 Å². The Morgan fingerprint density at radius 1 is 0.923 bits per heavy atom. The summed E-state index contributed by atoms with van der Waals surface area (Å²) in [5, 5.41) is 2.91. The van der Waals surface area contributed by atoms with Crippen LogP contribution in [0, 0.1) is 6.92 Å². The lowest BCUT2D eigenvalue weighted by molar-refractivity contribution is -0.116. The Kier molecular flexibility index (Phi) is 8.53. The first-order chi connectivity index (χ1) is 12.7. The minimum atomic E-state index is -0.00463. The number of hydrogen-bond donors (Lipinski definition) is 1. The highest BCUT2D eigenvalue weighted by Gasteiger charge is 2.04. The SMILES string of the molecule is CCCCCOc1ccc(NC(=O)CCCOc2ccccc2C)cc1. The summed E-state index contributed by atoms with van der Waals surface area (Å²) < 4.78 is 11.4. The fourth-order valence-corrected chi connectivity index (χ4v) is 2.53. The number of carbonyl (C=O) groups is 1. The minimum Gasteiger partial charge on any atom is -0.494 e. The van der Waals surface area contributed by atoms with Gasteiger partial charge in [-0.1, -0.05) is 38.0 Å². The molecule has 1 N–H and O–H groups in total. The van der Waals surface area contributed by atoms with Crippen molar-refractivity contribution >= 4 is 11.6 Å². The van der Waals surface area contributed by atoms with E-state index < -0.39 is 0 Å². The second kappa shape index (κ2) is 11.2. The third kappa shape index (κ3) is 7.18. The molecule has 0 unspecified atom stereocenters. The van der Waals surface area contributed by atoms with E-state index in [0.29, 0.717) is 19.4 Å². The van der Waals surface area contributed by atoms with Crippen LogP contribution in [0.15, 0.2) is 48.5 Å². The lowest BCUT2D eigenvalue weighted by Crippen LogP contribution is -2.12. The number of amides is 1. The van der Waals surface area contributed by atoms with Crippen molar-refractivity contribution in [1.82, 2.24) is 0 Å². The molecule has 4 heteroatoms. The number of unbranched alkanes of at least 4 members (excludes halogenated alkanes) is 2. The van der Waals surface area contributed by atoms with Crippen molar-refractivity contribution in [3.63, 3.8) is 0 Å². The summed E-state index contributed by atoms with van der Waals surface area (Å²) in [7, 11) is 0. The van der Waals surface area contributed by atoms with Crippen LogP contribution in [0.4, 0.5) is 5.69 Å². The standard InChI is InChI=1S/C22H29NO3/c1-3-4-7-16-25-20-14-12-19(13-15-20)23-22(24)11-8-17-26-21-10-6-5-9-18(21)2/h5-6,9-10,12-15H,3-4,7-8,11,16-17H2,1-2H3,(H,23,24). The number of ether oxygens (including phenoxy) is 2. The van der Waals surface area contributed by atoms with E-state index in [1.165, 1.54) is 12.8 Å². The van der Waals surface area contributed by atoms with Gasteiger partial charge in [0.1, 0.15) is 11.5 Å². The third-order valence-corrected chi connectivity index (χ3v) is 4.05. The van der Waals surface area contributed by atoms with Gasteiger partial charge in [0.25, 0.3) is 0 Å². The molecule has 2 rings (SSSR count). The molecule has 1 amide bonds. The topological polar surface area (TPSA) is 47.6 Å². The summed E-state index contributed by atoms with van der Waals surface area (Å²) in [6.07, 6.45) is 4.55. The van der Waals surface area contributed by atoms with Crippen LogP contribution in [0.1, 0.15) is 44.6 Å². The highest BCUT2D eigenvalue weighted by Crippen LogP contribution is 2.18. The van der Waals surface area contributed by atoms with Crippen LogP contribution in [-0.2, 0) is 4.79 Å². The van der Waals surface area contributed by atoms with E-state index in [-0.39, 0.29) is 5.91 Å². The number of carbonyl (C=O) groups excluding carboxylic acids is 1. The van der Waals surface area contributed by atoms with E-state index in [0.717, 1.165) is 35.8 Å². The van der Waals surface area contributed by atoms with Gasteiger partial charge in [0, 0.05) is 12.1 Å². The molecule has 0 aliphatic heterocycles. The summed E-state index contributed by atoms with van der Waals surface area (Å²) in [5.74, 6) is 1.71. The third-order valence-electron chi connectivity index (χ3n) is 4.05. The Hall–Kier alpha value is -2.49. The largest absolute Gasteiger partial charge is 0.494 e.